The topological polar surface area (TPSA) is 85.1 Å². The zero-order chi connectivity index (χ0) is 19.2. The van der Waals surface area contributed by atoms with Gasteiger partial charge in [-0.3, -0.25) is 9.78 Å². The van der Waals surface area contributed by atoms with E-state index in [0.29, 0.717) is 19.0 Å². The number of aromatic amines is 2. The van der Waals surface area contributed by atoms with Crippen molar-refractivity contribution in [2.45, 2.75) is 26.2 Å². The average Bonchev–Trinajstić information content (AvgIpc) is 3.11. The van der Waals surface area contributed by atoms with Crippen molar-refractivity contribution in [1.29, 1.82) is 0 Å². The van der Waals surface area contributed by atoms with Gasteiger partial charge in [-0.15, -0.1) is 5.10 Å². The number of benzene rings is 1. The summed E-state index contributed by atoms with van der Waals surface area (Å²) in [4.78, 5) is 30.2. The van der Waals surface area contributed by atoms with Gasteiger partial charge >= 0.3 is 5.69 Å². The fourth-order valence-corrected chi connectivity index (χ4v) is 3.67. The van der Waals surface area contributed by atoms with Gasteiger partial charge in [0, 0.05) is 26.2 Å². The van der Waals surface area contributed by atoms with Crippen LogP contribution in [0.1, 0.15) is 35.9 Å². The molecule has 3 rings (SSSR count). The van der Waals surface area contributed by atoms with Crippen molar-refractivity contribution in [1.82, 2.24) is 25.0 Å². The minimum Gasteiger partial charge on any atom is -0.336 e. The number of aromatic nitrogens is 3. The Morgan fingerprint density at radius 2 is 2.30 bits per heavy atom. The van der Waals surface area contributed by atoms with Crippen LogP contribution in [0, 0.1) is 11.7 Å². The Bertz CT molecular complexity index is 818. The highest BCUT2D eigenvalue weighted by Gasteiger charge is 2.25. The van der Waals surface area contributed by atoms with E-state index in [1.54, 1.807) is 17.0 Å². The second-order valence-electron chi connectivity index (χ2n) is 7.06. The molecule has 1 aliphatic rings. The van der Waals surface area contributed by atoms with Crippen LogP contribution in [-0.2, 0) is 6.42 Å². The molecule has 7 nitrogen and oxygen atoms in total. The van der Waals surface area contributed by atoms with E-state index >= 15 is 0 Å². The molecule has 2 N–H and O–H groups in total. The predicted octanol–water partition coefficient (Wildman–Crippen LogP) is 1.65. The molecular weight excluding hydrogens is 349 g/mol. The SMILES string of the molecule is CCN(C[C@@H]1CCCN(CCc2cccc(F)c2)C1)C(=O)c1n[nH]c(=O)[nH]1. The van der Waals surface area contributed by atoms with Crippen molar-refractivity contribution in [3.05, 3.63) is 52.0 Å². The molecule has 1 aliphatic heterocycles. The first-order valence-electron chi connectivity index (χ1n) is 9.46. The van der Waals surface area contributed by atoms with Crippen molar-refractivity contribution >= 4 is 5.91 Å². The monoisotopic (exact) mass is 375 g/mol. The third kappa shape index (κ3) is 5.26. The minimum atomic E-state index is -0.476. The van der Waals surface area contributed by atoms with Gasteiger partial charge in [-0.2, -0.15) is 0 Å². The number of piperidine rings is 1. The molecule has 1 fully saturated rings. The number of H-pyrrole nitrogens is 2. The van der Waals surface area contributed by atoms with Gasteiger partial charge in [0.25, 0.3) is 5.91 Å². The van der Waals surface area contributed by atoms with Crippen molar-refractivity contribution in [3.8, 4) is 0 Å². The summed E-state index contributed by atoms with van der Waals surface area (Å²) >= 11 is 0. The molecule has 0 saturated carbocycles. The van der Waals surface area contributed by atoms with Gasteiger partial charge in [0.15, 0.2) is 0 Å². The Morgan fingerprint density at radius 1 is 1.44 bits per heavy atom. The molecule has 1 saturated heterocycles. The molecule has 0 radical (unpaired) electrons. The molecule has 0 unspecified atom stereocenters. The lowest BCUT2D eigenvalue weighted by Gasteiger charge is -2.35. The normalized spacial score (nSPS) is 17.8. The van der Waals surface area contributed by atoms with Crippen LogP contribution in [0.3, 0.4) is 0 Å². The summed E-state index contributed by atoms with van der Waals surface area (Å²) in [5.74, 6) is -0.0216. The first-order valence-corrected chi connectivity index (χ1v) is 9.46. The average molecular weight is 375 g/mol. The van der Waals surface area contributed by atoms with E-state index in [-0.39, 0.29) is 17.5 Å². The molecule has 1 atom stereocenters. The molecule has 1 amide bonds. The van der Waals surface area contributed by atoms with Gasteiger partial charge < -0.3 is 9.80 Å². The van der Waals surface area contributed by atoms with Crippen molar-refractivity contribution < 1.29 is 9.18 Å². The Labute approximate surface area is 157 Å². The molecule has 0 bridgehead atoms. The highest BCUT2D eigenvalue weighted by molar-refractivity contribution is 5.90. The Morgan fingerprint density at radius 3 is 3.00 bits per heavy atom. The van der Waals surface area contributed by atoms with Crippen LogP contribution in [0.15, 0.2) is 29.1 Å². The number of likely N-dealkylation sites (tertiary alicyclic amines) is 1. The van der Waals surface area contributed by atoms with Gasteiger partial charge in [-0.25, -0.2) is 14.3 Å². The highest BCUT2D eigenvalue weighted by atomic mass is 19.1. The maximum Gasteiger partial charge on any atom is 0.341 e. The van der Waals surface area contributed by atoms with Crippen LogP contribution < -0.4 is 5.69 Å². The van der Waals surface area contributed by atoms with E-state index in [4.69, 9.17) is 0 Å². The van der Waals surface area contributed by atoms with Gasteiger partial charge in [0.1, 0.15) is 5.82 Å². The lowest BCUT2D eigenvalue weighted by molar-refractivity contribution is 0.0679. The Balaban J connectivity index is 1.53. The summed E-state index contributed by atoms with van der Waals surface area (Å²) in [6.07, 6.45) is 2.96. The summed E-state index contributed by atoms with van der Waals surface area (Å²) in [5.41, 5.74) is 0.528. The number of halogens is 1. The standard InChI is InChI=1S/C19H26FN5O2/c1-2-25(18(26)17-21-19(27)23-22-17)13-15-6-4-9-24(12-15)10-8-14-5-3-7-16(20)11-14/h3,5,7,11,15H,2,4,6,8-10,12-13H2,1H3,(H2,21,22,23,27)/t15-/m1/s1. The van der Waals surface area contributed by atoms with Crippen LogP contribution >= 0.6 is 0 Å². The zero-order valence-electron chi connectivity index (χ0n) is 15.6. The molecule has 8 heteroatoms. The Hall–Kier alpha value is -2.48. The largest absolute Gasteiger partial charge is 0.341 e. The predicted molar refractivity (Wildman–Crippen MR) is 100 cm³/mol. The lowest BCUT2D eigenvalue weighted by Crippen LogP contribution is -2.43. The molecule has 2 heterocycles. The maximum absolute atomic E-state index is 13.3. The minimum absolute atomic E-state index is 0.0561. The summed E-state index contributed by atoms with van der Waals surface area (Å²) in [6.45, 7) is 5.95. The lowest BCUT2D eigenvalue weighted by atomic mass is 9.96. The number of rotatable bonds is 7. The second-order valence-corrected chi connectivity index (χ2v) is 7.06. The fraction of sp³-hybridized carbons (Fsp3) is 0.526. The third-order valence-corrected chi connectivity index (χ3v) is 5.06. The van der Waals surface area contributed by atoms with Crippen LogP contribution in [0.25, 0.3) is 0 Å². The van der Waals surface area contributed by atoms with Crippen LogP contribution in [-0.4, -0.2) is 63.6 Å². The third-order valence-electron chi connectivity index (χ3n) is 5.06. The van der Waals surface area contributed by atoms with Crippen molar-refractivity contribution in [3.63, 3.8) is 0 Å². The van der Waals surface area contributed by atoms with Crippen molar-refractivity contribution in [2.24, 2.45) is 5.92 Å². The first kappa shape index (κ1) is 19.3. The molecule has 2 aromatic rings. The van der Waals surface area contributed by atoms with E-state index in [9.17, 15) is 14.0 Å². The highest BCUT2D eigenvalue weighted by Crippen LogP contribution is 2.19. The van der Waals surface area contributed by atoms with E-state index in [1.165, 1.54) is 6.07 Å². The number of amides is 1. The van der Waals surface area contributed by atoms with Crippen molar-refractivity contribution in [2.75, 3.05) is 32.7 Å². The number of hydrogen-bond acceptors (Lipinski definition) is 4. The molecular formula is C19H26FN5O2. The molecule has 1 aromatic carbocycles. The molecule has 27 heavy (non-hydrogen) atoms. The first-order chi connectivity index (χ1) is 13.0. The van der Waals surface area contributed by atoms with Crippen LogP contribution in [0.4, 0.5) is 4.39 Å². The van der Waals surface area contributed by atoms with Gasteiger partial charge in [-0.05, 0) is 56.3 Å². The van der Waals surface area contributed by atoms with E-state index in [0.717, 1.165) is 44.5 Å². The molecule has 0 spiro atoms. The van der Waals surface area contributed by atoms with Crippen LogP contribution in [0.5, 0.6) is 0 Å². The Kier molecular flexibility index (Phi) is 6.39. The number of carbonyl (C=O) groups is 1. The van der Waals surface area contributed by atoms with Gasteiger partial charge in [0.2, 0.25) is 5.82 Å². The fourth-order valence-electron chi connectivity index (χ4n) is 3.67. The number of nitrogens with zero attached hydrogens (tertiary/aromatic N) is 3. The van der Waals surface area contributed by atoms with Crippen LogP contribution in [0.2, 0.25) is 0 Å². The number of nitrogens with one attached hydrogen (secondary N) is 2. The quantitative estimate of drug-likeness (QED) is 0.771. The summed E-state index contributed by atoms with van der Waals surface area (Å²) < 4.78 is 13.3. The van der Waals surface area contributed by atoms with E-state index in [2.05, 4.69) is 20.1 Å². The maximum atomic E-state index is 13.3. The van der Waals surface area contributed by atoms with Gasteiger partial charge in [0.05, 0.1) is 0 Å². The number of carbonyl (C=O) groups excluding carboxylic acids is 1. The van der Waals surface area contributed by atoms with Gasteiger partial charge in [-0.1, -0.05) is 12.1 Å². The van der Waals surface area contributed by atoms with E-state index in [1.807, 2.05) is 13.0 Å². The zero-order valence-corrected chi connectivity index (χ0v) is 15.6. The molecule has 0 aliphatic carbocycles. The summed E-state index contributed by atoms with van der Waals surface area (Å²) in [7, 11) is 0. The smallest absolute Gasteiger partial charge is 0.336 e. The molecule has 146 valence electrons. The molecule has 1 aromatic heterocycles. The van der Waals surface area contributed by atoms with E-state index < -0.39 is 5.69 Å². The summed E-state index contributed by atoms with van der Waals surface area (Å²) in [5, 5.41) is 5.97. The summed E-state index contributed by atoms with van der Waals surface area (Å²) in [6, 6.07) is 6.74. The number of hydrogen-bond donors (Lipinski definition) is 2. The second kappa shape index (κ2) is 8.94.